The highest BCUT2D eigenvalue weighted by Gasteiger charge is 2.40. The highest BCUT2D eigenvalue weighted by atomic mass is 16.5. The number of hydrogen-bond acceptors (Lipinski definition) is 5. The van der Waals surface area contributed by atoms with Gasteiger partial charge in [-0.05, 0) is 48.6 Å². The monoisotopic (exact) mass is 435 g/mol. The third-order valence-corrected chi connectivity index (χ3v) is 6.38. The number of anilines is 1. The number of Topliss-reactive ketones (excluding diaryl/α,β-unsaturated/α-hetero) is 1. The first-order valence-corrected chi connectivity index (χ1v) is 11.0. The predicted octanol–water partition coefficient (Wildman–Crippen LogP) is 4.80. The summed E-state index contributed by atoms with van der Waals surface area (Å²) >= 11 is 0. The zero-order valence-corrected chi connectivity index (χ0v) is 19.1. The van der Waals surface area contributed by atoms with Crippen LogP contribution in [-0.4, -0.2) is 33.0 Å². The van der Waals surface area contributed by atoms with Crippen molar-refractivity contribution in [3.8, 4) is 17.2 Å². The van der Waals surface area contributed by atoms with E-state index in [0.29, 0.717) is 30.1 Å². The Morgan fingerprint density at radius 1 is 0.969 bits per heavy atom. The average Bonchev–Trinajstić information content (AvgIpc) is 2.82. The zero-order chi connectivity index (χ0) is 22.8. The molecule has 0 radical (unpaired) electrons. The lowest BCUT2D eigenvalue weighted by atomic mass is 9.77. The fraction of sp³-hybridized carbons (Fsp3) is 0.385. The maximum absolute atomic E-state index is 13.5. The van der Waals surface area contributed by atoms with E-state index >= 15 is 0 Å². The van der Waals surface area contributed by atoms with Gasteiger partial charge in [0.25, 0.3) is 0 Å². The Balaban J connectivity index is 1.89. The molecule has 4 rings (SSSR count). The number of nitrogens with zero attached hydrogens (tertiary/aromatic N) is 1. The van der Waals surface area contributed by atoms with E-state index < -0.39 is 0 Å². The highest BCUT2D eigenvalue weighted by Crippen LogP contribution is 2.47. The lowest BCUT2D eigenvalue weighted by Crippen LogP contribution is -2.41. The largest absolute Gasteiger partial charge is 0.493 e. The molecule has 1 unspecified atom stereocenters. The van der Waals surface area contributed by atoms with Crippen molar-refractivity contribution in [2.45, 2.75) is 44.9 Å². The van der Waals surface area contributed by atoms with Crippen molar-refractivity contribution in [2.24, 2.45) is 0 Å². The summed E-state index contributed by atoms with van der Waals surface area (Å²) in [4.78, 5) is 28.5. The molecule has 6 heteroatoms. The van der Waals surface area contributed by atoms with Gasteiger partial charge in [-0.3, -0.25) is 14.5 Å². The van der Waals surface area contributed by atoms with E-state index in [0.717, 1.165) is 40.9 Å². The Morgan fingerprint density at radius 2 is 1.66 bits per heavy atom. The number of ether oxygens (including phenoxy) is 3. The number of ketones is 1. The molecule has 0 saturated carbocycles. The molecule has 32 heavy (non-hydrogen) atoms. The van der Waals surface area contributed by atoms with Crippen LogP contribution >= 0.6 is 0 Å². The topological polar surface area (TPSA) is 65.1 Å². The van der Waals surface area contributed by atoms with Gasteiger partial charge in [-0.15, -0.1) is 0 Å². The number of hydrogen-bond donors (Lipinski definition) is 0. The summed E-state index contributed by atoms with van der Waals surface area (Å²) < 4.78 is 16.5. The number of methoxy groups -OCH3 is 3. The Kier molecular flexibility index (Phi) is 6.21. The van der Waals surface area contributed by atoms with Crippen molar-refractivity contribution < 1.29 is 23.8 Å². The number of carbonyl (C=O) groups excluding carboxylic acids is 2. The van der Waals surface area contributed by atoms with Gasteiger partial charge in [-0.2, -0.15) is 0 Å². The molecule has 0 aromatic heterocycles. The Morgan fingerprint density at radius 3 is 2.28 bits per heavy atom. The molecule has 1 heterocycles. The predicted molar refractivity (Wildman–Crippen MR) is 123 cm³/mol. The second-order valence-electron chi connectivity index (χ2n) is 8.06. The molecule has 1 amide bonds. The van der Waals surface area contributed by atoms with E-state index in [9.17, 15) is 9.59 Å². The fourth-order valence-corrected chi connectivity index (χ4v) is 4.89. The Labute approximate surface area is 188 Å². The summed E-state index contributed by atoms with van der Waals surface area (Å²) in [5.41, 5.74) is 4.36. The number of allylic oxidation sites excluding steroid dienone is 2. The summed E-state index contributed by atoms with van der Waals surface area (Å²) in [5.74, 6) is 1.28. The summed E-state index contributed by atoms with van der Waals surface area (Å²) in [7, 11) is 4.68. The number of carbonyl (C=O) groups is 2. The first-order valence-electron chi connectivity index (χ1n) is 11.0. The maximum atomic E-state index is 13.5. The van der Waals surface area contributed by atoms with Gasteiger partial charge in [0.05, 0.1) is 27.0 Å². The molecule has 1 aliphatic carbocycles. The highest BCUT2D eigenvalue weighted by molar-refractivity contribution is 6.07. The molecule has 1 aliphatic heterocycles. The maximum Gasteiger partial charge on any atom is 0.232 e. The third kappa shape index (κ3) is 3.64. The summed E-state index contributed by atoms with van der Waals surface area (Å²) in [6.45, 7) is 2.08. The van der Waals surface area contributed by atoms with Crippen molar-refractivity contribution in [2.75, 3.05) is 26.2 Å². The molecule has 0 fully saturated rings. The molecule has 0 saturated heterocycles. The number of benzene rings is 2. The van der Waals surface area contributed by atoms with Gasteiger partial charge in [-0.25, -0.2) is 0 Å². The summed E-state index contributed by atoms with van der Waals surface area (Å²) in [6, 6.07) is 11.6. The smallest absolute Gasteiger partial charge is 0.232 e. The molecule has 1 atom stereocenters. The normalized spacial score (nSPS) is 18.5. The minimum absolute atomic E-state index is 0.00176. The van der Waals surface area contributed by atoms with E-state index in [4.69, 9.17) is 14.2 Å². The van der Waals surface area contributed by atoms with Gasteiger partial charge in [0.1, 0.15) is 0 Å². The van der Waals surface area contributed by atoms with Crippen LogP contribution in [0.25, 0.3) is 0 Å². The second-order valence-corrected chi connectivity index (χ2v) is 8.06. The van der Waals surface area contributed by atoms with E-state index in [1.54, 1.807) is 26.2 Å². The van der Waals surface area contributed by atoms with Gasteiger partial charge in [0.2, 0.25) is 11.7 Å². The van der Waals surface area contributed by atoms with Crippen LogP contribution in [0, 0.1) is 0 Å². The van der Waals surface area contributed by atoms with Crippen LogP contribution in [0.4, 0.5) is 5.69 Å². The number of para-hydroxylation sites is 1. The van der Waals surface area contributed by atoms with Gasteiger partial charge in [0, 0.05) is 30.0 Å². The van der Waals surface area contributed by atoms with Crippen LogP contribution in [0.5, 0.6) is 17.2 Å². The van der Waals surface area contributed by atoms with Crippen LogP contribution in [0.15, 0.2) is 47.7 Å². The van der Waals surface area contributed by atoms with Crippen LogP contribution in [0.1, 0.15) is 49.7 Å². The van der Waals surface area contributed by atoms with Gasteiger partial charge in [-0.1, -0.05) is 25.1 Å². The SMILES string of the molecule is CCc1ccccc1N1C(=O)CC(c2cc(OC)c(OC)c(OC)c2)C2=C1CCCC2=O. The molecule has 2 aliphatic rings. The fourth-order valence-electron chi connectivity index (χ4n) is 4.89. The van der Waals surface area contributed by atoms with Gasteiger partial charge >= 0.3 is 0 Å². The summed E-state index contributed by atoms with van der Waals surface area (Å²) in [5, 5.41) is 0. The van der Waals surface area contributed by atoms with Gasteiger partial charge in [0.15, 0.2) is 17.3 Å². The van der Waals surface area contributed by atoms with E-state index in [-0.39, 0.29) is 24.0 Å². The molecular weight excluding hydrogens is 406 g/mol. The molecule has 6 nitrogen and oxygen atoms in total. The molecule has 2 aromatic carbocycles. The standard InChI is InChI=1S/C26H29NO5/c1-5-16-9-6-7-10-19(16)27-20-11-8-12-21(28)25(20)18(15-24(27)29)17-13-22(30-2)26(32-4)23(14-17)31-3/h6-7,9-10,13-14,18H,5,8,11-12,15H2,1-4H3. The van der Waals surface area contributed by atoms with E-state index in [2.05, 4.69) is 6.92 Å². The van der Waals surface area contributed by atoms with Crippen molar-refractivity contribution in [1.82, 2.24) is 0 Å². The quantitative estimate of drug-likeness (QED) is 0.652. The minimum Gasteiger partial charge on any atom is -0.493 e. The third-order valence-electron chi connectivity index (χ3n) is 6.38. The van der Waals surface area contributed by atoms with E-state index in [1.165, 1.54) is 0 Å². The Hall–Kier alpha value is -3.28. The first-order chi connectivity index (χ1) is 15.5. The second kappa shape index (κ2) is 9.07. The number of amides is 1. The van der Waals surface area contributed by atoms with Crippen LogP contribution in [0.3, 0.4) is 0 Å². The van der Waals surface area contributed by atoms with Crippen LogP contribution < -0.4 is 19.1 Å². The lowest BCUT2D eigenvalue weighted by Gasteiger charge is -2.39. The summed E-state index contributed by atoms with van der Waals surface area (Å²) in [6.07, 6.45) is 2.97. The van der Waals surface area contributed by atoms with Crippen LogP contribution in [0.2, 0.25) is 0 Å². The molecule has 0 N–H and O–H groups in total. The van der Waals surface area contributed by atoms with Crippen molar-refractivity contribution >= 4 is 17.4 Å². The van der Waals surface area contributed by atoms with Crippen LogP contribution in [-0.2, 0) is 16.0 Å². The zero-order valence-electron chi connectivity index (χ0n) is 19.1. The Bertz CT molecular complexity index is 1060. The molecule has 168 valence electrons. The number of rotatable bonds is 6. The van der Waals surface area contributed by atoms with Crippen molar-refractivity contribution in [1.29, 1.82) is 0 Å². The lowest BCUT2D eigenvalue weighted by molar-refractivity contribution is -0.119. The van der Waals surface area contributed by atoms with Crippen molar-refractivity contribution in [3.63, 3.8) is 0 Å². The molecule has 2 aromatic rings. The molecule has 0 spiro atoms. The van der Waals surface area contributed by atoms with Crippen molar-refractivity contribution in [3.05, 3.63) is 58.8 Å². The first kappa shape index (κ1) is 21.9. The average molecular weight is 436 g/mol. The molecule has 0 bridgehead atoms. The van der Waals surface area contributed by atoms with E-state index in [1.807, 2.05) is 36.4 Å². The minimum atomic E-state index is -0.343. The number of aryl methyl sites for hydroxylation is 1. The van der Waals surface area contributed by atoms with Gasteiger partial charge < -0.3 is 14.2 Å². The molecular formula is C26H29NO5.